The van der Waals surface area contributed by atoms with Crippen molar-refractivity contribution < 1.29 is 9.90 Å². The molecule has 0 heterocycles. The molecule has 2 heteroatoms. The Balaban J connectivity index is 2.34. The smallest absolute Gasteiger partial charge is 0.331 e. The van der Waals surface area contributed by atoms with Crippen LogP contribution in [0, 0.1) is 17.3 Å². The van der Waals surface area contributed by atoms with E-state index in [0.717, 1.165) is 6.42 Å². The number of carboxylic acid groups (broad SMARTS) is 1. The largest absolute Gasteiger partial charge is 0.478 e. The van der Waals surface area contributed by atoms with Crippen LogP contribution >= 0.6 is 0 Å². The highest BCUT2D eigenvalue weighted by Gasteiger charge is 2.49. The van der Waals surface area contributed by atoms with Gasteiger partial charge in [-0.15, -0.1) is 0 Å². The van der Waals surface area contributed by atoms with Crippen molar-refractivity contribution in [2.75, 3.05) is 0 Å². The molecule has 0 radical (unpaired) electrons. The maximum atomic E-state index is 11.5. The summed E-state index contributed by atoms with van der Waals surface area (Å²) in [6.45, 7) is 6.16. The van der Waals surface area contributed by atoms with Crippen molar-refractivity contribution in [3.05, 3.63) is 12.2 Å². The molecule has 0 unspecified atom stereocenters. The molecule has 18 heavy (non-hydrogen) atoms. The van der Waals surface area contributed by atoms with Gasteiger partial charge >= 0.3 is 5.97 Å². The third-order valence-corrected chi connectivity index (χ3v) is 5.57. The Bertz CT molecular complexity index is 304. The van der Waals surface area contributed by atoms with E-state index in [-0.39, 0.29) is 5.41 Å². The van der Waals surface area contributed by atoms with Gasteiger partial charge in [-0.3, -0.25) is 0 Å². The lowest BCUT2D eigenvalue weighted by atomic mass is 9.59. The average Bonchev–Trinajstić information content (AvgIpc) is 3.03. The van der Waals surface area contributed by atoms with Gasteiger partial charge in [0, 0.05) is 11.0 Å². The molecule has 0 spiro atoms. The van der Waals surface area contributed by atoms with Crippen LogP contribution in [0.25, 0.3) is 0 Å². The molecular weight excluding hydrogens is 224 g/mol. The Morgan fingerprint density at radius 3 is 1.78 bits per heavy atom. The van der Waals surface area contributed by atoms with Crippen LogP contribution in [0.3, 0.4) is 0 Å². The standard InChI is InChI=1S/C16H26O2/c1-3-16(12(2)15(17)18,13-8-4-5-9-13)14-10-6-7-11-14/h13-14H,2-11H2,1H3,(H,17,18). The summed E-state index contributed by atoms with van der Waals surface area (Å²) in [6.07, 6.45) is 10.9. The molecular formula is C16H26O2. The number of hydrogen-bond acceptors (Lipinski definition) is 1. The van der Waals surface area contributed by atoms with E-state index >= 15 is 0 Å². The van der Waals surface area contributed by atoms with Gasteiger partial charge in [0.1, 0.15) is 0 Å². The summed E-state index contributed by atoms with van der Waals surface area (Å²) in [5.41, 5.74) is 0.391. The van der Waals surface area contributed by atoms with E-state index < -0.39 is 5.97 Å². The summed E-state index contributed by atoms with van der Waals surface area (Å²) in [4.78, 5) is 11.5. The van der Waals surface area contributed by atoms with E-state index in [1.54, 1.807) is 0 Å². The highest BCUT2D eigenvalue weighted by Crippen LogP contribution is 2.56. The second-order valence-electron chi connectivity index (χ2n) is 6.14. The van der Waals surface area contributed by atoms with Crippen LogP contribution in [0.2, 0.25) is 0 Å². The Morgan fingerprint density at radius 2 is 1.50 bits per heavy atom. The molecule has 0 aromatic heterocycles. The maximum Gasteiger partial charge on any atom is 0.331 e. The van der Waals surface area contributed by atoms with Gasteiger partial charge in [-0.2, -0.15) is 0 Å². The fraction of sp³-hybridized carbons (Fsp3) is 0.812. The summed E-state index contributed by atoms with van der Waals surface area (Å²) in [7, 11) is 0. The molecule has 0 atom stereocenters. The van der Waals surface area contributed by atoms with Crippen molar-refractivity contribution in [3.63, 3.8) is 0 Å². The van der Waals surface area contributed by atoms with E-state index in [1.807, 2.05) is 0 Å². The van der Waals surface area contributed by atoms with Crippen molar-refractivity contribution in [1.29, 1.82) is 0 Å². The minimum absolute atomic E-state index is 0.112. The first kappa shape index (κ1) is 13.6. The predicted molar refractivity (Wildman–Crippen MR) is 73.4 cm³/mol. The fourth-order valence-electron chi connectivity index (χ4n) is 4.70. The summed E-state index contributed by atoms with van der Waals surface area (Å²) >= 11 is 0. The van der Waals surface area contributed by atoms with E-state index in [2.05, 4.69) is 13.5 Å². The van der Waals surface area contributed by atoms with Gasteiger partial charge in [-0.25, -0.2) is 4.79 Å². The molecule has 0 amide bonds. The SMILES string of the molecule is C=C(C(=O)O)C(CC)(C1CCCC1)C1CCCC1. The minimum Gasteiger partial charge on any atom is -0.478 e. The molecule has 0 aromatic carbocycles. The predicted octanol–water partition coefficient (Wildman–Crippen LogP) is 4.40. The maximum absolute atomic E-state index is 11.5. The zero-order valence-electron chi connectivity index (χ0n) is 11.6. The Morgan fingerprint density at radius 1 is 1.11 bits per heavy atom. The van der Waals surface area contributed by atoms with Crippen molar-refractivity contribution in [3.8, 4) is 0 Å². The topological polar surface area (TPSA) is 37.3 Å². The molecule has 2 aliphatic carbocycles. The van der Waals surface area contributed by atoms with Crippen LogP contribution in [0.1, 0.15) is 64.7 Å². The molecule has 0 bridgehead atoms. The normalized spacial score (nSPS) is 22.5. The Labute approximate surface area is 110 Å². The first-order valence-corrected chi connectivity index (χ1v) is 7.55. The van der Waals surface area contributed by atoms with Crippen LogP contribution in [0.4, 0.5) is 0 Å². The molecule has 2 rings (SSSR count). The summed E-state index contributed by atoms with van der Waals surface area (Å²) < 4.78 is 0. The van der Waals surface area contributed by atoms with Gasteiger partial charge < -0.3 is 5.11 Å². The van der Waals surface area contributed by atoms with Gasteiger partial charge in [0.25, 0.3) is 0 Å². The van der Waals surface area contributed by atoms with Gasteiger partial charge in [0.05, 0.1) is 0 Å². The number of hydrogen-bond donors (Lipinski definition) is 1. The van der Waals surface area contributed by atoms with E-state index in [4.69, 9.17) is 0 Å². The monoisotopic (exact) mass is 250 g/mol. The lowest BCUT2D eigenvalue weighted by molar-refractivity contribution is -0.135. The molecule has 0 saturated heterocycles. The quantitative estimate of drug-likeness (QED) is 0.734. The zero-order valence-corrected chi connectivity index (χ0v) is 11.6. The summed E-state index contributed by atoms with van der Waals surface area (Å²) in [6, 6.07) is 0. The molecule has 0 aromatic rings. The number of carboxylic acids is 1. The molecule has 2 saturated carbocycles. The van der Waals surface area contributed by atoms with Gasteiger partial charge in [-0.05, 0) is 43.9 Å². The number of carbonyl (C=O) groups is 1. The van der Waals surface area contributed by atoms with Gasteiger partial charge in [-0.1, -0.05) is 39.2 Å². The van der Waals surface area contributed by atoms with Crippen LogP contribution < -0.4 is 0 Å². The second-order valence-corrected chi connectivity index (χ2v) is 6.14. The molecule has 1 N–H and O–H groups in total. The van der Waals surface area contributed by atoms with Crippen LogP contribution in [0.15, 0.2) is 12.2 Å². The molecule has 2 aliphatic rings. The highest BCUT2D eigenvalue weighted by molar-refractivity contribution is 5.87. The molecule has 102 valence electrons. The fourth-order valence-corrected chi connectivity index (χ4v) is 4.70. The van der Waals surface area contributed by atoms with Crippen molar-refractivity contribution in [1.82, 2.24) is 0 Å². The first-order valence-electron chi connectivity index (χ1n) is 7.55. The summed E-state index contributed by atoms with van der Waals surface area (Å²) in [5.74, 6) is 0.360. The Kier molecular flexibility index (Phi) is 4.14. The molecule has 2 fully saturated rings. The van der Waals surface area contributed by atoms with Crippen molar-refractivity contribution in [2.24, 2.45) is 17.3 Å². The average molecular weight is 250 g/mol. The zero-order chi connectivity index (χ0) is 13.2. The van der Waals surface area contributed by atoms with Crippen LogP contribution in [0.5, 0.6) is 0 Å². The van der Waals surface area contributed by atoms with Crippen LogP contribution in [-0.4, -0.2) is 11.1 Å². The lowest BCUT2D eigenvalue weighted by Gasteiger charge is -2.44. The highest BCUT2D eigenvalue weighted by atomic mass is 16.4. The number of rotatable bonds is 5. The first-order chi connectivity index (χ1) is 8.63. The number of aliphatic carboxylic acids is 1. The van der Waals surface area contributed by atoms with E-state index in [9.17, 15) is 9.90 Å². The van der Waals surface area contributed by atoms with Gasteiger partial charge in [0.15, 0.2) is 0 Å². The molecule has 2 nitrogen and oxygen atoms in total. The van der Waals surface area contributed by atoms with Crippen molar-refractivity contribution >= 4 is 5.97 Å². The van der Waals surface area contributed by atoms with E-state index in [0.29, 0.717) is 17.4 Å². The molecule has 0 aliphatic heterocycles. The van der Waals surface area contributed by atoms with Gasteiger partial charge in [0.2, 0.25) is 0 Å². The van der Waals surface area contributed by atoms with Crippen molar-refractivity contribution in [2.45, 2.75) is 64.7 Å². The van der Waals surface area contributed by atoms with Crippen LogP contribution in [-0.2, 0) is 4.79 Å². The minimum atomic E-state index is -0.768. The Hall–Kier alpha value is -0.790. The second kappa shape index (κ2) is 5.46. The van der Waals surface area contributed by atoms with E-state index in [1.165, 1.54) is 51.4 Å². The third kappa shape index (κ3) is 2.10. The lowest BCUT2D eigenvalue weighted by Crippen LogP contribution is -2.39. The summed E-state index contributed by atoms with van der Waals surface area (Å²) in [5, 5.41) is 9.47. The third-order valence-electron chi connectivity index (χ3n) is 5.57.